The van der Waals surface area contributed by atoms with E-state index in [0.717, 1.165) is 25.4 Å². The normalized spacial score (nSPS) is 21.1. The summed E-state index contributed by atoms with van der Waals surface area (Å²) in [5.74, 6) is 0. The minimum absolute atomic E-state index is 0.354. The van der Waals surface area contributed by atoms with E-state index >= 15 is 0 Å². The lowest BCUT2D eigenvalue weighted by atomic mass is 10.2. The Kier molecular flexibility index (Phi) is 2.84. The standard InChI is InChI=1S/C11H13N3O/c1-9-8-15-5-4-14(9)11-2-3-13-10(6-11)7-12/h2-3,6,9H,4-5,8H2,1H3. The Morgan fingerprint density at radius 3 is 3.27 bits per heavy atom. The maximum absolute atomic E-state index is 8.77. The van der Waals surface area contributed by atoms with Gasteiger partial charge in [-0.15, -0.1) is 0 Å². The Morgan fingerprint density at radius 1 is 1.67 bits per heavy atom. The van der Waals surface area contributed by atoms with Gasteiger partial charge in [0.15, 0.2) is 0 Å². The molecule has 4 nitrogen and oxygen atoms in total. The van der Waals surface area contributed by atoms with Crippen molar-refractivity contribution < 1.29 is 4.74 Å². The fraction of sp³-hybridized carbons (Fsp3) is 0.455. The third-order valence-corrected chi connectivity index (χ3v) is 2.56. The zero-order chi connectivity index (χ0) is 10.7. The highest BCUT2D eigenvalue weighted by molar-refractivity contribution is 5.49. The minimum atomic E-state index is 0.354. The van der Waals surface area contributed by atoms with Gasteiger partial charge in [0.1, 0.15) is 11.8 Å². The summed E-state index contributed by atoms with van der Waals surface area (Å²) in [6, 6.07) is 6.16. The van der Waals surface area contributed by atoms with Gasteiger partial charge in [-0.2, -0.15) is 5.26 Å². The van der Waals surface area contributed by atoms with E-state index < -0.39 is 0 Å². The molecule has 2 rings (SSSR count). The number of morpholine rings is 1. The van der Waals surface area contributed by atoms with Crippen LogP contribution in [0.3, 0.4) is 0 Å². The second kappa shape index (κ2) is 4.28. The van der Waals surface area contributed by atoms with Crippen LogP contribution in [0.2, 0.25) is 0 Å². The van der Waals surface area contributed by atoms with Gasteiger partial charge in [-0.25, -0.2) is 4.98 Å². The van der Waals surface area contributed by atoms with Crippen LogP contribution >= 0.6 is 0 Å². The molecule has 1 unspecified atom stereocenters. The zero-order valence-electron chi connectivity index (χ0n) is 8.68. The van der Waals surface area contributed by atoms with E-state index in [1.807, 2.05) is 12.1 Å². The molecule has 1 atom stereocenters. The Labute approximate surface area is 89.1 Å². The van der Waals surface area contributed by atoms with Crippen molar-refractivity contribution in [1.82, 2.24) is 4.98 Å². The molecule has 0 radical (unpaired) electrons. The van der Waals surface area contributed by atoms with Crippen LogP contribution in [0.5, 0.6) is 0 Å². The molecule has 1 aliphatic heterocycles. The van der Waals surface area contributed by atoms with Crippen molar-refractivity contribution in [2.75, 3.05) is 24.7 Å². The first-order valence-corrected chi connectivity index (χ1v) is 5.02. The average molecular weight is 203 g/mol. The summed E-state index contributed by atoms with van der Waals surface area (Å²) in [5, 5.41) is 8.77. The molecule has 0 N–H and O–H groups in total. The number of aromatic nitrogens is 1. The smallest absolute Gasteiger partial charge is 0.142 e. The van der Waals surface area contributed by atoms with Crippen LogP contribution < -0.4 is 4.90 Å². The van der Waals surface area contributed by atoms with Crippen molar-refractivity contribution >= 4 is 5.69 Å². The second-order valence-electron chi connectivity index (χ2n) is 3.63. The fourth-order valence-corrected chi connectivity index (χ4v) is 1.77. The van der Waals surface area contributed by atoms with Gasteiger partial charge in [-0.1, -0.05) is 0 Å². The Bertz CT molecular complexity index is 386. The molecule has 78 valence electrons. The van der Waals surface area contributed by atoms with E-state index in [9.17, 15) is 0 Å². The number of nitrogens with zero attached hydrogens (tertiary/aromatic N) is 3. The quantitative estimate of drug-likeness (QED) is 0.687. The largest absolute Gasteiger partial charge is 0.377 e. The summed E-state index contributed by atoms with van der Waals surface area (Å²) >= 11 is 0. The lowest BCUT2D eigenvalue weighted by molar-refractivity contribution is 0.0989. The summed E-state index contributed by atoms with van der Waals surface area (Å²) in [4.78, 5) is 6.20. The van der Waals surface area contributed by atoms with Gasteiger partial charge in [0.05, 0.1) is 13.2 Å². The molecule has 0 bridgehead atoms. The van der Waals surface area contributed by atoms with Crippen molar-refractivity contribution in [2.45, 2.75) is 13.0 Å². The molecule has 0 aliphatic carbocycles. The highest BCUT2D eigenvalue weighted by Crippen LogP contribution is 2.19. The van der Waals surface area contributed by atoms with E-state index in [1.165, 1.54) is 0 Å². The van der Waals surface area contributed by atoms with Gasteiger partial charge in [0, 0.05) is 24.5 Å². The number of ether oxygens (including phenoxy) is 1. The van der Waals surface area contributed by atoms with Gasteiger partial charge in [-0.3, -0.25) is 0 Å². The third kappa shape index (κ3) is 2.08. The number of anilines is 1. The monoisotopic (exact) mass is 203 g/mol. The average Bonchev–Trinajstić information content (AvgIpc) is 2.30. The predicted octanol–water partition coefficient (Wildman–Crippen LogP) is 1.18. The Balaban J connectivity index is 2.24. The SMILES string of the molecule is CC1COCCN1c1ccnc(C#N)c1. The van der Waals surface area contributed by atoms with Gasteiger partial charge < -0.3 is 9.64 Å². The molecule has 0 spiro atoms. The summed E-state index contributed by atoms with van der Waals surface area (Å²) in [5.41, 5.74) is 1.52. The minimum Gasteiger partial charge on any atom is -0.377 e. The highest BCUT2D eigenvalue weighted by Gasteiger charge is 2.19. The van der Waals surface area contributed by atoms with Crippen molar-refractivity contribution in [2.24, 2.45) is 0 Å². The van der Waals surface area contributed by atoms with Crippen LogP contribution in [0.15, 0.2) is 18.3 Å². The van der Waals surface area contributed by atoms with Crippen LogP contribution in [0.4, 0.5) is 5.69 Å². The number of nitriles is 1. The molecule has 0 saturated carbocycles. The molecule has 1 fully saturated rings. The van der Waals surface area contributed by atoms with Crippen molar-refractivity contribution in [3.8, 4) is 6.07 Å². The van der Waals surface area contributed by atoms with Crippen LogP contribution in [0.25, 0.3) is 0 Å². The first kappa shape index (κ1) is 9.94. The van der Waals surface area contributed by atoms with Crippen molar-refractivity contribution in [3.63, 3.8) is 0 Å². The molecule has 1 aromatic heterocycles. The lowest BCUT2D eigenvalue weighted by Gasteiger charge is -2.35. The maximum atomic E-state index is 8.77. The summed E-state index contributed by atoms with van der Waals surface area (Å²) < 4.78 is 5.37. The topological polar surface area (TPSA) is 49.1 Å². The maximum Gasteiger partial charge on any atom is 0.142 e. The molecule has 1 saturated heterocycles. The summed E-state index contributed by atoms with van der Waals surface area (Å²) in [6.45, 7) is 4.47. The van der Waals surface area contributed by atoms with Crippen LogP contribution in [-0.4, -0.2) is 30.8 Å². The highest BCUT2D eigenvalue weighted by atomic mass is 16.5. The van der Waals surface area contributed by atoms with Crippen LogP contribution in [0.1, 0.15) is 12.6 Å². The number of hydrogen-bond donors (Lipinski definition) is 0. The van der Waals surface area contributed by atoms with E-state index in [0.29, 0.717) is 11.7 Å². The molecule has 2 heterocycles. The third-order valence-electron chi connectivity index (χ3n) is 2.56. The fourth-order valence-electron chi connectivity index (χ4n) is 1.77. The molecule has 1 aromatic rings. The number of hydrogen-bond acceptors (Lipinski definition) is 4. The van der Waals surface area contributed by atoms with Crippen LogP contribution in [-0.2, 0) is 4.74 Å². The summed E-state index contributed by atoms with van der Waals surface area (Å²) in [7, 11) is 0. The molecule has 4 heteroatoms. The van der Waals surface area contributed by atoms with E-state index in [4.69, 9.17) is 10.00 Å². The molecule has 0 aromatic carbocycles. The molecular weight excluding hydrogens is 190 g/mol. The summed E-state index contributed by atoms with van der Waals surface area (Å²) in [6.07, 6.45) is 1.68. The number of pyridine rings is 1. The van der Waals surface area contributed by atoms with Gasteiger partial charge in [0.25, 0.3) is 0 Å². The molecular formula is C11H13N3O. The predicted molar refractivity (Wildman–Crippen MR) is 56.6 cm³/mol. The molecule has 15 heavy (non-hydrogen) atoms. The zero-order valence-corrected chi connectivity index (χ0v) is 8.68. The van der Waals surface area contributed by atoms with Crippen LogP contribution in [0, 0.1) is 11.3 Å². The molecule has 0 amide bonds. The Hall–Kier alpha value is -1.60. The molecule has 1 aliphatic rings. The van der Waals surface area contributed by atoms with Crippen molar-refractivity contribution in [1.29, 1.82) is 5.26 Å². The van der Waals surface area contributed by atoms with Crippen molar-refractivity contribution in [3.05, 3.63) is 24.0 Å². The van der Waals surface area contributed by atoms with E-state index in [2.05, 4.69) is 22.9 Å². The van der Waals surface area contributed by atoms with Gasteiger partial charge in [-0.05, 0) is 19.1 Å². The first-order chi connectivity index (χ1) is 7.31. The lowest BCUT2D eigenvalue weighted by Crippen LogP contribution is -2.43. The van der Waals surface area contributed by atoms with Gasteiger partial charge >= 0.3 is 0 Å². The van der Waals surface area contributed by atoms with E-state index in [-0.39, 0.29) is 0 Å². The second-order valence-corrected chi connectivity index (χ2v) is 3.63. The van der Waals surface area contributed by atoms with E-state index in [1.54, 1.807) is 6.20 Å². The number of rotatable bonds is 1. The Morgan fingerprint density at radius 2 is 2.53 bits per heavy atom. The first-order valence-electron chi connectivity index (χ1n) is 5.02. The van der Waals surface area contributed by atoms with Gasteiger partial charge in [0.2, 0.25) is 0 Å².